The maximum absolute atomic E-state index is 6.57. The Morgan fingerprint density at radius 1 is 1.05 bits per heavy atom. The number of benzene rings is 1. The third-order valence-corrected chi connectivity index (χ3v) is 4.40. The lowest BCUT2D eigenvalue weighted by atomic mass is 9.88. The van der Waals surface area contributed by atoms with Crippen LogP contribution in [0, 0.1) is 0 Å². The smallest absolute Gasteiger partial charge is 0.203 e. The Morgan fingerprint density at radius 2 is 1.63 bits per heavy atom. The van der Waals surface area contributed by atoms with Crippen molar-refractivity contribution in [1.82, 2.24) is 0 Å². The summed E-state index contributed by atoms with van der Waals surface area (Å²) in [5, 5.41) is 0. The van der Waals surface area contributed by atoms with Crippen molar-refractivity contribution in [2.45, 2.75) is 31.2 Å². The molecule has 1 aliphatic rings. The van der Waals surface area contributed by atoms with Crippen molar-refractivity contribution in [3.63, 3.8) is 0 Å². The predicted octanol–water partition coefficient (Wildman–Crippen LogP) is 3.20. The number of hydrogen-bond donors (Lipinski definition) is 1. The standard InChI is InChI=1S/C14H20BrNO3/c1-17-10-8-9(15)11(13(19-3)12(10)18-2)14(16)6-4-5-7-14/h8H,4-7,16H2,1-3H3. The van der Waals surface area contributed by atoms with Crippen molar-refractivity contribution in [1.29, 1.82) is 0 Å². The molecule has 0 aliphatic heterocycles. The summed E-state index contributed by atoms with van der Waals surface area (Å²) in [6.07, 6.45) is 4.19. The topological polar surface area (TPSA) is 53.7 Å². The molecule has 0 bridgehead atoms. The van der Waals surface area contributed by atoms with Crippen molar-refractivity contribution in [2.24, 2.45) is 5.73 Å². The number of hydrogen-bond acceptors (Lipinski definition) is 4. The van der Waals surface area contributed by atoms with Gasteiger partial charge in [0.2, 0.25) is 5.75 Å². The third-order valence-electron chi connectivity index (χ3n) is 3.78. The van der Waals surface area contributed by atoms with Gasteiger partial charge < -0.3 is 19.9 Å². The molecule has 0 amide bonds. The van der Waals surface area contributed by atoms with Gasteiger partial charge in [-0.2, -0.15) is 0 Å². The van der Waals surface area contributed by atoms with Gasteiger partial charge in [-0.05, 0) is 18.9 Å². The van der Waals surface area contributed by atoms with Crippen LogP contribution in [0.4, 0.5) is 0 Å². The van der Waals surface area contributed by atoms with E-state index in [1.807, 2.05) is 6.07 Å². The minimum absolute atomic E-state index is 0.357. The molecular weight excluding hydrogens is 310 g/mol. The van der Waals surface area contributed by atoms with Gasteiger partial charge in [-0.1, -0.05) is 28.8 Å². The second kappa shape index (κ2) is 5.59. The van der Waals surface area contributed by atoms with E-state index in [-0.39, 0.29) is 5.54 Å². The van der Waals surface area contributed by atoms with E-state index in [4.69, 9.17) is 19.9 Å². The number of methoxy groups -OCH3 is 3. The lowest BCUT2D eigenvalue weighted by Gasteiger charge is -2.29. The van der Waals surface area contributed by atoms with Gasteiger partial charge in [-0.15, -0.1) is 0 Å². The molecule has 1 aliphatic carbocycles. The number of nitrogens with two attached hydrogens (primary N) is 1. The molecule has 5 heteroatoms. The summed E-state index contributed by atoms with van der Waals surface area (Å²) in [6.45, 7) is 0. The van der Waals surface area contributed by atoms with Crippen molar-refractivity contribution >= 4 is 15.9 Å². The van der Waals surface area contributed by atoms with E-state index in [1.165, 1.54) is 0 Å². The van der Waals surface area contributed by atoms with Crippen molar-refractivity contribution < 1.29 is 14.2 Å². The molecule has 1 aromatic rings. The molecule has 1 fully saturated rings. The molecule has 2 N–H and O–H groups in total. The van der Waals surface area contributed by atoms with Crippen LogP contribution in [0.3, 0.4) is 0 Å². The Kier molecular flexibility index (Phi) is 4.26. The van der Waals surface area contributed by atoms with Crippen LogP contribution in [0.15, 0.2) is 10.5 Å². The number of rotatable bonds is 4. The van der Waals surface area contributed by atoms with E-state index in [0.29, 0.717) is 17.2 Å². The Labute approximate surface area is 122 Å². The maximum atomic E-state index is 6.57. The summed E-state index contributed by atoms with van der Waals surface area (Å²) < 4.78 is 17.2. The molecule has 1 saturated carbocycles. The third kappa shape index (κ3) is 2.41. The van der Waals surface area contributed by atoms with Gasteiger partial charge in [0.05, 0.1) is 21.3 Å². The highest BCUT2D eigenvalue weighted by molar-refractivity contribution is 9.10. The van der Waals surface area contributed by atoms with Crippen LogP contribution in [0.5, 0.6) is 17.2 Å². The van der Waals surface area contributed by atoms with E-state index in [9.17, 15) is 0 Å². The van der Waals surface area contributed by atoms with Crippen LogP contribution < -0.4 is 19.9 Å². The molecule has 106 valence electrons. The predicted molar refractivity (Wildman–Crippen MR) is 78.1 cm³/mol. The first kappa shape index (κ1) is 14.5. The van der Waals surface area contributed by atoms with Gasteiger partial charge in [-0.25, -0.2) is 0 Å². The van der Waals surface area contributed by atoms with Crippen molar-refractivity contribution in [3.8, 4) is 17.2 Å². The Balaban J connectivity index is 2.65. The minimum atomic E-state index is -0.357. The van der Waals surface area contributed by atoms with Crippen molar-refractivity contribution in [2.75, 3.05) is 21.3 Å². The summed E-state index contributed by atoms with van der Waals surface area (Å²) in [4.78, 5) is 0. The fraction of sp³-hybridized carbons (Fsp3) is 0.571. The second-order valence-electron chi connectivity index (χ2n) is 4.87. The fourth-order valence-electron chi connectivity index (χ4n) is 2.85. The summed E-state index contributed by atoms with van der Waals surface area (Å²) in [5.74, 6) is 1.90. The van der Waals surface area contributed by atoms with Gasteiger partial charge in [0.25, 0.3) is 0 Å². The van der Waals surface area contributed by atoms with Crippen LogP contribution >= 0.6 is 15.9 Å². The highest BCUT2D eigenvalue weighted by Crippen LogP contribution is 2.51. The molecule has 0 atom stereocenters. The lowest BCUT2D eigenvalue weighted by Crippen LogP contribution is -2.34. The van der Waals surface area contributed by atoms with E-state index >= 15 is 0 Å². The van der Waals surface area contributed by atoms with Crippen LogP contribution in [-0.2, 0) is 5.54 Å². The van der Waals surface area contributed by atoms with Gasteiger partial charge in [0.15, 0.2) is 11.5 Å². The molecule has 19 heavy (non-hydrogen) atoms. The monoisotopic (exact) mass is 329 g/mol. The van der Waals surface area contributed by atoms with Gasteiger partial charge in [-0.3, -0.25) is 0 Å². The molecule has 2 rings (SSSR count). The Morgan fingerprint density at radius 3 is 2.11 bits per heavy atom. The van der Waals surface area contributed by atoms with Gasteiger partial charge in [0.1, 0.15) is 0 Å². The van der Waals surface area contributed by atoms with Crippen LogP contribution in [0.2, 0.25) is 0 Å². The van der Waals surface area contributed by atoms with Crippen LogP contribution in [0.25, 0.3) is 0 Å². The summed E-state index contributed by atoms with van der Waals surface area (Å²) in [6, 6.07) is 1.89. The molecule has 0 radical (unpaired) electrons. The largest absolute Gasteiger partial charge is 0.493 e. The van der Waals surface area contributed by atoms with E-state index < -0.39 is 0 Å². The SMILES string of the molecule is COc1cc(Br)c(C2(N)CCCC2)c(OC)c1OC. The molecule has 4 nitrogen and oxygen atoms in total. The fourth-order valence-corrected chi connectivity index (χ4v) is 3.63. The summed E-state index contributed by atoms with van der Waals surface area (Å²) in [5.41, 5.74) is 7.19. The first-order valence-electron chi connectivity index (χ1n) is 6.35. The lowest BCUT2D eigenvalue weighted by molar-refractivity contribution is 0.313. The quantitative estimate of drug-likeness (QED) is 0.921. The second-order valence-corrected chi connectivity index (χ2v) is 5.72. The maximum Gasteiger partial charge on any atom is 0.203 e. The average molecular weight is 330 g/mol. The van der Waals surface area contributed by atoms with E-state index in [2.05, 4.69) is 15.9 Å². The summed E-state index contributed by atoms with van der Waals surface area (Å²) >= 11 is 3.59. The number of ether oxygens (including phenoxy) is 3. The molecule has 0 saturated heterocycles. The normalized spacial score (nSPS) is 17.3. The molecule has 0 aromatic heterocycles. The Bertz CT molecular complexity index is 470. The van der Waals surface area contributed by atoms with Crippen molar-refractivity contribution in [3.05, 3.63) is 16.1 Å². The first-order valence-corrected chi connectivity index (χ1v) is 7.14. The minimum Gasteiger partial charge on any atom is -0.493 e. The zero-order chi connectivity index (χ0) is 14.0. The summed E-state index contributed by atoms with van der Waals surface area (Å²) in [7, 11) is 4.85. The zero-order valence-corrected chi connectivity index (χ0v) is 13.2. The average Bonchev–Trinajstić information content (AvgIpc) is 2.84. The van der Waals surface area contributed by atoms with Crippen LogP contribution in [0.1, 0.15) is 31.2 Å². The van der Waals surface area contributed by atoms with E-state index in [1.54, 1.807) is 21.3 Å². The van der Waals surface area contributed by atoms with Gasteiger partial charge in [0, 0.05) is 15.6 Å². The highest BCUT2D eigenvalue weighted by atomic mass is 79.9. The van der Waals surface area contributed by atoms with Crippen LogP contribution in [-0.4, -0.2) is 21.3 Å². The van der Waals surface area contributed by atoms with E-state index in [0.717, 1.165) is 35.7 Å². The van der Waals surface area contributed by atoms with Gasteiger partial charge >= 0.3 is 0 Å². The molecule has 0 spiro atoms. The molecular formula is C14H20BrNO3. The first-order chi connectivity index (χ1) is 9.07. The Hall–Kier alpha value is -0.940. The zero-order valence-electron chi connectivity index (χ0n) is 11.6. The molecule has 0 heterocycles. The molecule has 0 unspecified atom stereocenters. The molecule has 1 aromatic carbocycles. The number of halogens is 1. The highest BCUT2D eigenvalue weighted by Gasteiger charge is 2.37.